The number of aromatic amines is 1. The molecule has 4 bridgehead atoms. The first-order valence-electron chi connectivity index (χ1n) is 12.3. The molecule has 3 aromatic rings. The molecule has 174 valence electrons. The highest BCUT2D eigenvalue weighted by molar-refractivity contribution is 5.70. The van der Waals surface area contributed by atoms with Crippen LogP contribution in [0.2, 0.25) is 0 Å². The third-order valence-electron chi connectivity index (χ3n) is 8.07. The van der Waals surface area contributed by atoms with E-state index in [1.165, 1.54) is 38.5 Å². The van der Waals surface area contributed by atoms with Crippen LogP contribution < -0.4 is 15.0 Å². The van der Waals surface area contributed by atoms with Gasteiger partial charge >= 0.3 is 6.01 Å². The van der Waals surface area contributed by atoms with E-state index in [4.69, 9.17) is 19.4 Å². The van der Waals surface area contributed by atoms with Gasteiger partial charge in [0.2, 0.25) is 0 Å². The van der Waals surface area contributed by atoms with Crippen molar-refractivity contribution < 1.29 is 9.47 Å². The minimum atomic E-state index is -0.0917. The first-order valence-corrected chi connectivity index (χ1v) is 12.3. The summed E-state index contributed by atoms with van der Waals surface area (Å²) in [6, 6.07) is 8.07. The van der Waals surface area contributed by atoms with Crippen molar-refractivity contribution in [2.45, 2.75) is 70.4 Å². The third-order valence-corrected chi connectivity index (χ3v) is 8.07. The summed E-state index contributed by atoms with van der Waals surface area (Å²) < 4.78 is 13.0. The molecule has 33 heavy (non-hydrogen) atoms. The van der Waals surface area contributed by atoms with Gasteiger partial charge in [0.25, 0.3) is 5.56 Å². The summed E-state index contributed by atoms with van der Waals surface area (Å²) in [6.45, 7) is 2.92. The van der Waals surface area contributed by atoms with Crippen molar-refractivity contribution in [1.82, 2.24) is 19.5 Å². The smallest absolute Gasteiger partial charge is 0.301 e. The second-order valence-corrected chi connectivity index (χ2v) is 10.5. The molecule has 1 aromatic carbocycles. The number of hydrogen-bond acceptors (Lipinski definition) is 5. The fourth-order valence-electron chi connectivity index (χ4n) is 7.06. The van der Waals surface area contributed by atoms with Crippen molar-refractivity contribution in [1.29, 1.82) is 0 Å². The van der Waals surface area contributed by atoms with Crippen molar-refractivity contribution >= 4 is 11.2 Å². The zero-order chi connectivity index (χ0) is 22.6. The highest BCUT2D eigenvalue weighted by Gasteiger charge is 2.53. The number of ether oxygens (including phenoxy) is 2. The van der Waals surface area contributed by atoms with E-state index in [0.29, 0.717) is 30.3 Å². The molecule has 2 heterocycles. The van der Waals surface area contributed by atoms with Gasteiger partial charge in [-0.25, -0.2) is 4.98 Å². The van der Waals surface area contributed by atoms with Crippen LogP contribution in [0.5, 0.6) is 11.8 Å². The summed E-state index contributed by atoms with van der Waals surface area (Å²) in [7, 11) is 1.65. The maximum atomic E-state index is 13.4. The van der Waals surface area contributed by atoms with Crippen LogP contribution in [0.4, 0.5) is 0 Å². The van der Waals surface area contributed by atoms with Gasteiger partial charge in [-0.15, -0.1) is 0 Å². The fourth-order valence-corrected chi connectivity index (χ4v) is 7.06. The van der Waals surface area contributed by atoms with Crippen LogP contribution in [0.1, 0.15) is 63.3 Å². The number of aromatic nitrogens is 4. The highest BCUT2D eigenvalue weighted by atomic mass is 16.5. The van der Waals surface area contributed by atoms with Gasteiger partial charge in [-0.3, -0.25) is 9.36 Å². The van der Waals surface area contributed by atoms with Gasteiger partial charge in [0.05, 0.1) is 7.11 Å². The van der Waals surface area contributed by atoms with Gasteiger partial charge in [-0.1, -0.05) is 19.1 Å². The van der Waals surface area contributed by atoms with Gasteiger partial charge in [-0.2, -0.15) is 4.98 Å². The Hall–Kier alpha value is -2.83. The number of nitrogens with zero attached hydrogens (tertiary/aromatic N) is 3. The lowest BCUT2D eigenvalue weighted by Crippen LogP contribution is -2.49. The molecule has 0 atom stereocenters. The van der Waals surface area contributed by atoms with E-state index in [0.717, 1.165) is 41.3 Å². The maximum absolute atomic E-state index is 13.4. The summed E-state index contributed by atoms with van der Waals surface area (Å²) >= 11 is 0. The standard InChI is InChI=1S/C26H32N4O3/c1-3-7-30-23(31)21-22(29-25(30)33-15-16-5-4-6-20(11-16)32-2)28-24(27-21)26-12-17-8-18(13-26)10-19(9-17)14-26/h4-6,11,17-19H,3,7-10,12-15H2,1-2H3,(H,27,28). The Morgan fingerprint density at radius 3 is 2.52 bits per heavy atom. The number of fused-ring (bicyclic) bond motifs is 1. The van der Waals surface area contributed by atoms with E-state index in [1.54, 1.807) is 11.7 Å². The predicted octanol–water partition coefficient (Wildman–Crippen LogP) is 4.59. The molecule has 4 fully saturated rings. The Labute approximate surface area is 193 Å². The van der Waals surface area contributed by atoms with Crippen molar-refractivity contribution in [3.8, 4) is 11.8 Å². The number of nitrogens with one attached hydrogen (secondary N) is 1. The molecular weight excluding hydrogens is 416 g/mol. The molecule has 0 saturated heterocycles. The molecule has 7 rings (SSSR count). The summed E-state index contributed by atoms with van der Waals surface area (Å²) in [4.78, 5) is 26.6. The predicted molar refractivity (Wildman–Crippen MR) is 126 cm³/mol. The Bertz CT molecular complexity index is 1210. The van der Waals surface area contributed by atoms with Gasteiger partial charge in [0, 0.05) is 12.0 Å². The van der Waals surface area contributed by atoms with E-state index in [-0.39, 0.29) is 11.0 Å². The summed E-state index contributed by atoms with van der Waals surface area (Å²) in [5.41, 5.74) is 1.97. The molecule has 4 aliphatic rings. The van der Waals surface area contributed by atoms with Gasteiger partial charge in [-0.05, 0) is 80.4 Å². The molecule has 0 radical (unpaired) electrons. The second-order valence-electron chi connectivity index (χ2n) is 10.5. The average Bonchev–Trinajstić information content (AvgIpc) is 3.25. The van der Waals surface area contributed by atoms with Gasteiger partial charge in [0.15, 0.2) is 11.2 Å². The van der Waals surface area contributed by atoms with Crippen LogP contribution in [-0.4, -0.2) is 26.6 Å². The van der Waals surface area contributed by atoms with Crippen LogP contribution in [0.25, 0.3) is 11.2 Å². The van der Waals surface area contributed by atoms with E-state index in [1.807, 2.05) is 24.3 Å². The van der Waals surface area contributed by atoms with Crippen molar-refractivity contribution in [2.75, 3.05) is 7.11 Å². The highest BCUT2D eigenvalue weighted by Crippen LogP contribution is 2.60. The van der Waals surface area contributed by atoms with Gasteiger partial charge < -0.3 is 14.5 Å². The molecule has 0 spiro atoms. The third kappa shape index (κ3) is 3.52. The summed E-state index contributed by atoms with van der Waals surface area (Å²) in [5.74, 6) is 4.20. The molecule has 0 aliphatic heterocycles. The molecule has 0 amide bonds. The van der Waals surface area contributed by atoms with Crippen LogP contribution in [-0.2, 0) is 18.6 Å². The van der Waals surface area contributed by atoms with E-state index in [2.05, 4.69) is 11.9 Å². The number of hydrogen-bond donors (Lipinski definition) is 1. The largest absolute Gasteiger partial charge is 0.497 e. The topological polar surface area (TPSA) is 82.0 Å². The number of imidazole rings is 1. The molecular formula is C26H32N4O3. The lowest BCUT2D eigenvalue weighted by atomic mass is 9.49. The molecule has 1 N–H and O–H groups in total. The van der Waals surface area contributed by atoms with Crippen LogP contribution >= 0.6 is 0 Å². The molecule has 4 saturated carbocycles. The number of rotatable bonds is 7. The van der Waals surface area contributed by atoms with Crippen molar-refractivity contribution in [2.24, 2.45) is 17.8 Å². The van der Waals surface area contributed by atoms with E-state index < -0.39 is 0 Å². The first kappa shape index (κ1) is 20.8. The molecule has 0 unspecified atom stereocenters. The number of methoxy groups -OCH3 is 1. The quantitative estimate of drug-likeness (QED) is 0.572. The summed E-state index contributed by atoms with van der Waals surface area (Å²) in [5, 5.41) is 0. The van der Waals surface area contributed by atoms with E-state index in [9.17, 15) is 4.79 Å². The minimum Gasteiger partial charge on any atom is -0.497 e. The SMILES string of the molecule is CCCn1c(OCc2cccc(OC)c2)nc2nc(C34CC5CC(CC(C5)C3)C4)[nH]c2c1=O. The molecule has 7 heteroatoms. The molecule has 4 aliphatic carbocycles. The van der Waals surface area contributed by atoms with Crippen molar-refractivity contribution in [3.63, 3.8) is 0 Å². The normalized spacial score (nSPS) is 27.9. The zero-order valence-electron chi connectivity index (χ0n) is 19.5. The van der Waals surface area contributed by atoms with Crippen LogP contribution in [0, 0.1) is 17.8 Å². The Morgan fingerprint density at radius 1 is 1.12 bits per heavy atom. The lowest BCUT2D eigenvalue weighted by molar-refractivity contribution is -0.00888. The van der Waals surface area contributed by atoms with Crippen LogP contribution in [0.15, 0.2) is 29.1 Å². The lowest BCUT2D eigenvalue weighted by Gasteiger charge is -2.55. The second kappa shape index (κ2) is 7.89. The maximum Gasteiger partial charge on any atom is 0.301 e. The van der Waals surface area contributed by atoms with Crippen molar-refractivity contribution in [3.05, 3.63) is 46.0 Å². The monoisotopic (exact) mass is 448 g/mol. The Morgan fingerprint density at radius 2 is 1.85 bits per heavy atom. The Kier molecular flexibility index (Phi) is 4.96. The molecule has 7 nitrogen and oxygen atoms in total. The number of benzene rings is 1. The fraction of sp³-hybridized carbons (Fsp3) is 0.577. The summed E-state index contributed by atoms with van der Waals surface area (Å²) in [6.07, 6.45) is 8.54. The average molecular weight is 449 g/mol. The van der Waals surface area contributed by atoms with Gasteiger partial charge in [0.1, 0.15) is 18.2 Å². The van der Waals surface area contributed by atoms with E-state index >= 15 is 0 Å². The zero-order valence-corrected chi connectivity index (χ0v) is 19.5. The minimum absolute atomic E-state index is 0.0917. The molecule has 2 aromatic heterocycles. The first-order chi connectivity index (χ1) is 16.1. The number of H-pyrrole nitrogens is 1. The Balaban J connectivity index is 1.36. The van der Waals surface area contributed by atoms with Crippen LogP contribution in [0.3, 0.4) is 0 Å².